The van der Waals surface area contributed by atoms with E-state index >= 15 is 0 Å². The second-order valence-electron chi connectivity index (χ2n) is 7.40. The number of benzene rings is 3. The first kappa shape index (κ1) is 23.8. The number of rotatable bonds is 7. The Hall–Kier alpha value is -4.30. The predicted octanol–water partition coefficient (Wildman–Crippen LogP) is 5.29. The Morgan fingerprint density at radius 1 is 0.971 bits per heavy atom. The van der Waals surface area contributed by atoms with Gasteiger partial charge >= 0.3 is 0 Å². The zero-order valence-electron chi connectivity index (χ0n) is 19.3. The van der Waals surface area contributed by atoms with E-state index in [1.807, 2.05) is 6.07 Å². The minimum Gasteiger partial charge on any atom is -0.493 e. The molecule has 8 nitrogen and oxygen atoms in total. The number of nitrogens with one attached hydrogen (secondary N) is 1. The van der Waals surface area contributed by atoms with Gasteiger partial charge in [-0.1, -0.05) is 11.6 Å². The van der Waals surface area contributed by atoms with Gasteiger partial charge in [-0.2, -0.15) is 4.99 Å². The summed E-state index contributed by atoms with van der Waals surface area (Å²) in [5.41, 5.74) is 8.46. The molecule has 1 aromatic heterocycles. The zero-order valence-corrected chi connectivity index (χ0v) is 20.1. The van der Waals surface area contributed by atoms with Crippen LogP contribution in [0.15, 0.2) is 71.9 Å². The Labute approximate surface area is 207 Å². The van der Waals surface area contributed by atoms with Crippen LogP contribution >= 0.6 is 11.6 Å². The SMILES string of the molecule is CNc1cc(Oc2ccnc3cc(OC)c(OC)cc23)ccc1C(N)=NC(=O)c1ccc(Cl)cc1. The van der Waals surface area contributed by atoms with E-state index in [0.717, 1.165) is 5.39 Å². The van der Waals surface area contributed by atoms with E-state index in [9.17, 15) is 4.79 Å². The molecular formula is C26H23ClN4O4. The summed E-state index contributed by atoms with van der Waals surface area (Å²) in [5, 5.41) is 4.37. The number of carbonyl (C=O) groups excluding carboxylic acids is 1. The van der Waals surface area contributed by atoms with E-state index < -0.39 is 5.91 Å². The molecule has 0 saturated heterocycles. The first-order valence-electron chi connectivity index (χ1n) is 10.6. The third kappa shape index (κ3) is 5.12. The number of methoxy groups -OCH3 is 2. The highest BCUT2D eigenvalue weighted by Crippen LogP contribution is 2.37. The average Bonchev–Trinajstić information content (AvgIpc) is 2.88. The van der Waals surface area contributed by atoms with E-state index in [-0.39, 0.29) is 5.84 Å². The molecule has 1 amide bonds. The van der Waals surface area contributed by atoms with Gasteiger partial charge in [0.1, 0.15) is 17.3 Å². The lowest BCUT2D eigenvalue weighted by Crippen LogP contribution is -2.17. The smallest absolute Gasteiger partial charge is 0.278 e. The van der Waals surface area contributed by atoms with Gasteiger partial charge < -0.3 is 25.3 Å². The van der Waals surface area contributed by atoms with Gasteiger partial charge in [0.15, 0.2) is 11.5 Å². The zero-order chi connectivity index (χ0) is 24.9. The molecule has 0 unspecified atom stereocenters. The summed E-state index contributed by atoms with van der Waals surface area (Å²) in [6.45, 7) is 0. The fraction of sp³-hybridized carbons (Fsp3) is 0.115. The van der Waals surface area contributed by atoms with Crippen LogP contribution in [0.3, 0.4) is 0 Å². The molecule has 3 aromatic carbocycles. The van der Waals surface area contributed by atoms with Crippen LogP contribution < -0.4 is 25.3 Å². The van der Waals surface area contributed by atoms with E-state index in [4.69, 9.17) is 31.5 Å². The maximum Gasteiger partial charge on any atom is 0.278 e. The average molecular weight is 491 g/mol. The summed E-state index contributed by atoms with van der Waals surface area (Å²) in [6, 6.07) is 17.1. The number of anilines is 1. The van der Waals surface area contributed by atoms with Crippen molar-refractivity contribution in [2.45, 2.75) is 0 Å². The number of amidine groups is 1. The second kappa shape index (κ2) is 10.3. The number of carbonyl (C=O) groups is 1. The lowest BCUT2D eigenvalue weighted by molar-refractivity contribution is 0.100. The number of aliphatic imine (C=N–C) groups is 1. The first-order chi connectivity index (χ1) is 16.9. The maximum atomic E-state index is 12.5. The Balaban J connectivity index is 1.64. The maximum absolute atomic E-state index is 12.5. The Bertz CT molecular complexity index is 1420. The summed E-state index contributed by atoms with van der Waals surface area (Å²) in [7, 11) is 4.89. The molecule has 0 atom stereocenters. The van der Waals surface area contributed by atoms with Crippen LogP contribution in [0.5, 0.6) is 23.0 Å². The molecule has 0 saturated carbocycles. The van der Waals surface area contributed by atoms with Crippen LogP contribution in [0.4, 0.5) is 5.69 Å². The highest BCUT2D eigenvalue weighted by atomic mass is 35.5. The molecule has 178 valence electrons. The molecule has 0 fully saturated rings. The number of aromatic nitrogens is 1. The standard InChI is InChI=1S/C26H23ClN4O4/c1-29-20-12-17(8-9-18(20)25(28)31-26(32)15-4-6-16(27)7-5-15)35-22-10-11-30-21-14-24(34-3)23(33-2)13-19(21)22/h4-14,29H,1-3H3,(H2,28,31,32). The van der Waals surface area contributed by atoms with Crippen molar-refractivity contribution in [1.82, 2.24) is 4.98 Å². The number of amides is 1. The second-order valence-corrected chi connectivity index (χ2v) is 7.84. The molecule has 35 heavy (non-hydrogen) atoms. The van der Waals surface area contributed by atoms with Crippen molar-refractivity contribution < 1.29 is 19.0 Å². The minimum atomic E-state index is -0.464. The summed E-state index contributed by atoms with van der Waals surface area (Å²) < 4.78 is 16.9. The van der Waals surface area contributed by atoms with Gasteiger partial charge in [0.05, 0.1) is 19.7 Å². The summed E-state index contributed by atoms with van der Waals surface area (Å²) in [6.07, 6.45) is 1.66. The molecule has 0 bridgehead atoms. The van der Waals surface area contributed by atoms with Gasteiger partial charge in [-0.25, -0.2) is 0 Å². The fourth-order valence-corrected chi connectivity index (χ4v) is 3.63. The minimum absolute atomic E-state index is 0.0760. The van der Waals surface area contributed by atoms with Gasteiger partial charge in [0.2, 0.25) is 0 Å². The fourth-order valence-electron chi connectivity index (χ4n) is 3.51. The van der Waals surface area contributed by atoms with Crippen LogP contribution in [0.25, 0.3) is 10.9 Å². The molecule has 0 aliphatic heterocycles. The van der Waals surface area contributed by atoms with Crippen molar-refractivity contribution in [2.24, 2.45) is 10.7 Å². The number of nitrogens with zero attached hydrogens (tertiary/aromatic N) is 2. The summed E-state index contributed by atoms with van der Waals surface area (Å²) >= 11 is 5.88. The number of fused-ring (bicyclic) bond motifs is 1. The highest BCUT2D eigenvalue weighted by Gasteiger charge is 2.14. The van der Waals surface area contributed by atoms with Gasteiger partial charge in [-0.05, 0) is 48.5 Å². The highest BCUT2D eigenvalue weighted by molar-refractivity contribution is 6.30. The molecule has 3 N–H and O–H groups in total. The number of hydrogen-bond acceptors (Lipinski definition) is 6. The number of hydrogen-bond donors (Lipinski definition) is 2. The van der Waals surface area contributed by atoms with Crippen LogP contribution in [0.1, 0.15) is 15.9 Å². The van der Waals surface area contributed by atoms with E-state index in [1.54, 1.807) is 82.1 Å². The molecule has 4 aromatic rings. The van der Waals surface area contributed by atoms with Crippen LogP contribution in [-0.4, -0.2) is 38.0 Å². The van der Waals surface area contributed by atoms with Crippen molar-refractivity contribution in [3.8, 4) is 23.0 Å². The van der Waals surface area contributed by atoms with Gasteiger partial charge in [-0.15, -0.1) is 0 Å². The van der Waals surface area contributed by atoms with Crippen molar-refractivity contribution in [2.75, 3.05) is 26.6 Å². The quantitative estimate of drug-likeness (QED) is 0.268. The number of pyridine rings is 1. The molecule has 0 aliphatic rings. The monoisotopic (exact) mass is 490 g/mol. The van der Waals surface area contributed by atoms with E-state index in [2.05, 4.69) is 15.3 Å². The van der Waals surface area contributed by atoms with Crippen molar-refractivity contribution in [1.29, 1.82) is 0 Å². The third-order valence-corrected chi connectivity index (χ3v) is 5.54. The summed E-state index contributed by atoms with van der Waals surface area (Å²) in [5.74, 6) is 1.90. The molecule has 0 aliphatic carbocycles. The topological polar surface area (TPSA) is 108 Å². The normalized spacial score (nSPS) is 11.3. The van der Waals surface area contributed by atoms with Crippen LogP contribution in [0, 0.1) is 0 Å². The molecule has 0 spiro atoms. The molecular weight excluding hydrogens is 468 g/mol. The first-order valence-corrected chi connectivity index (χ1v) is 11.0. The van der Waals surface area contributed by atoms with Gasteiger partial charge in [0, 0.05) is 52.6 Å². The summed E-state index contributed by atoms with van der Waals surface area (Å²) in [4.78, 5) is 20.9. The predicted molar refractivity (Wildman–Crippen MR) is 137 cm³/mol. The Morgan fingerprint density at radius 2 is 1.69 bits per heavy atom. The Morgan fingerprint density at radius 3 is 2.37 bits per heavy atom. The largest absolute Gasteiger partial charge is 0.493 e. The molecule has 4 rings (SSSR count). The molecule has 9 heteroatoms. The van der Waals surface area contributed by atoms with Crippen molar-refractivity contribution in [3.63, 3.8) is 0 Å². The number of halogens is 1. The van der Waals surface area contributed by atoms with Crippen molar-refractivity contribution >= 4 is 39.9 Å². The van der Waals surface area contributed by atoms with Crippen LogP contribution in [-0.2, 0) is 0 Å². The lowest BCUT2D eigenvalue weighted by Gasteiger charge is -2.14. The van der Waals surface area contributed by atoms with Gasteiger partial charge in [0.25, 0.3) is 5.91 Å². The lowest BCUT2D eigenvalue weighted by atomic mass is 10.1. The Kier molecular flexibility index (Phi) is 7.03. The molecule has 1 heterocycles. The van der Waals surface area contributed by atoms with Gasteiger partial charge in [-0.3, -0.25) is 9.78 Å². The number of ether oxygens (including phenoxy) is 3. The van der Waals surface area contributed by atoms with E-state index in [0.29, 0.717) is 50.4 Å². The van der Waals surface area contributed by atoms with E-state index in [1.165, 1.54) is 0 Å². The van der Waals surface area contributed by atoms with Crippen molar-refractivity contribution in [3.05, 3.63) is 83.0 Å². The van der Waals surface area contributed by atoms with Crippen LogP contribution in [0.2, 0.25) is 5.02 Å². The molecule has 0 radical (unpaired) electrons. The number of nitrogens with two attached hydrogens (primary N) is 1. The third-order valence-electron chi connectivity index (χ3n) is 5.28.